The molecule has 0 saturated heterocycles. The van der Waals surface area contributed by atoms with E-state index < -0.39 is 10.8 Å². The number of nitrogens with zero attached hydrogens (tertiary/aromatic N) is 3. The van der Waals surface area contributed by atoms with Crippen molar-refractivity contribution in [2.75, 3.05) is 23.0 Å². The Morgan fingerprint density at radius 1 is 1.50 bits per heavy atom. The molecule has 2 atom stereocenters. The number of H-pyrrole nitrogens is 1. The highest BCUT2D eigenvalue weighted by Crippen LogP contribution is 2.28. The van der Waals surface area contributed by atoms with E-state index in [4.69, 9.17) is 10.00 Å². The third-order valence-corrected chi connectivity index (χ3v) is 5.30. The zero-order valence-corrected chi connectivity index (χ0v) is 15.3. The number of aromatic amines is 1. The molecule has 1 N–H and O–H groups in total. The molecule has 0 bridgehead atoms. The van der Waals surface area contributed by atoms with Gasteiger partial charge in [-0.15, -0.1) is 0 Å². The van der Waals surface area contributed by atoms with Crippen LogP contribution in [0, 0.1) is 11.3 Å². The van der Waals surface area contributed by atoms with Crippen molar-refractivity contribution in [3.63, 3.8) is 0 Å². The van der Waals surface area contributed by atoms with E-state index in [2.05, 4.69) is 16.5 Å². The average molecular weight is 368 g/mol. The van der Waals surface area contributed by atoms with Crippen molar-refractivity contribution in [2.24, 2.45) is 0 Å². The molecule has 1 aromatic heterocycles. The summed E-state index contributed by atoms with van der Waals surface area (Å²) >= 11 is 0. The molecule has 0 saturated carbocycles. The van der Waals surface area contributed by atoms with E-state index in [9.17, 15) is 4.21 Å². The van der Waals surface area contributed by atoms with Gasteiger partial charge in [0.15, 0.2) is 0 Å². The van der Waals surface area contributed by atoms with Gasteiger partial charge in [-0.25, -0.2) is 4.98 Å². The fourth-order valence-electron chi connectivity index (χ4n) is 2.86. The van der Waals surface area contributed by atoms with Crippen LogP contribution in [0.4, 0.5) is 5.95 Å². The normalized spacial score (nSPS) is 18.0. The maximum atomic E-state index is 12.3. The molecular weight excluding hydrogens is 348 g/mol. The van der Waals surface area contributed by atoms with Gasteiger partial charge in [0.1, 0.15) is 18.1 Å². The fraction of sp³-hybridized carbons (Fsp3) is 0.263. The van der Waals surface area contributed by atoms with Gasteiger partial charge in [-0.2, -0.15) is 5.26 Å². The van der Waals surface area contributed by atoms with Crippen LogP contribution in [0.5, 0.6) is 0 Å². The zero-order valence-electron chi connectivity index (χ0n) is 14.5. The topological polar surface area (TPSA) is 82.0 Å². The second kappa shape index (κ2) is 8.02. The summed E-state index contributed by atoms with van der Waals surface area (Å²) in [6.45, 7) is 6.02. The summed E-state index contributed by atoms with van der Waals surface area (Å²) in [7, 11) is -1.26. The van der Waals surface area contributed by atoms with Gasteiger partial charge in [0.05, 0.1) is 23.1 Å². The number of hydrogen-bond acceptors (Lipinski definition) is 5. The van der Waals surface area contributed by atoms with Gasteiger partial charge < -0.3 is 14.6 Å². The first-order chi connectivity index (χ1) is 12.6. The molecule has 134 valence electrons. The van der Waals surface area contributed by atoms with E-state index >= 15 is 0 Å². The second-order valence-corrected chi connectivity index (χ2v) is 7.37. The molecule has 3 rings (SSSR count). The molecule has 6 nitrogen and oxygen atoms in total. The van der Waals surface area contributed by atoms with Gasteiger partial charge in [-0.1, -0.05) is 24.8 Å². The summed E-state index contributed by atoms with van der Waals surface area (Å²) in [5.74, 6) is 1.73. The quantitative estimate of drug-likeness (QED) is 0.760. The molecule has 26 heavy (non-hydrogen) atoms. The summed E-state index contributed by atoms with van der Waals surface area (Å²) in [6.07, 6.45) is 5.43. The number of fused-ring (bicyclic) bond motifs is 1. The molecule has 2 unspecified atom stereocenters. The Labute approximate surface area is 154 Å². The minimum Gasteiger partial charge on any atom is -0.489 e. The first-order valence-electron chi connectivity index (χ1n) is 8.21. The Morgan fingerprint density at radius 3 is 3.04 bits per heavy atom. The number of ether oxygens (including phenoxy) is 1. The Kier molecular flexibility index (Phi) is 5.54. The monoisotopic (exact) mass is 368 g/mol. The predicted octanol–water partition coefficient (Wildman–Crippen LogP) is 3.01. The van der Waals surface area contributed by atoms with Crippen LogP contribution < -0.4 is 4.90 Å². The van der Waals surface area contributed by atoms with Crippen molar-refractivity contribution in [2.45, 2.75) is 13.0 Å². The molecule has 2 aromatic rings. The molecule has 0 radical (unpaired) electrons. The third-order valence-electron chi connectivity index (χ3n) is 4.16. The molecule has 1 aliphatic rings. The van der Waals surface area contributed by atoms with Crippen molar-refractivity contribution in [1.29, 1.82) is 5.26 Å². The number of imidazole rings is 1. The van der Waals surface area contributed by atoms with Crippen molar-refractivity contribution >= 4 is 27.8 Å². The van der Waals surface area contributed by atoms with E-state index in [1.807, 2.05) is 54.4 Å². The van der Waals surface area contributed by atoms with E-state index in [0.717, 1.165) is 22.4 Å². The number of anilines is 1. The standard InChI is InChI=1S/C19H20N4O2S/c1-3-11-25-18-8-10-23(17(14(18)2)13-26(24)12-9-20)19-21-15-6-4-5-7-16(15)22-19/h3-8,10,17H,1,11-13H2,2H3,(H,21,22). The van der Waals surface area contributed by atoms with Crippen LogP contribution in [0.3, 0.4) is 0 Å². The number of nitriles is 1. The Balaban J connectivity index is 1.95. The first-order valence-corrected chi connectivity index (χ1v) is 9.70. The third kappa shape index (κ3) is 3.70. The van der Waals surface area contributed by atoms with Gasteiger partial charge >= 0.3 is 0 Å². The van der Waals surface area contributed by atoms with Crippen LogP contribution in [0.15, 0.2) is 60.5 Å². The van der Waals surface area contributed by atoms with Gasteiger partial charge in [-0.05, 0) is 30.7 Å². The van der Waals surface area contributed by atoms with Crippen molar-refractivity contribution in [3.8, 4) is 6.07 Å². The number of aromatic nitrogens is 2. The Hall–Kier alpha value is -2.85. The molecule has 2 heterocycles. The zero-order chi connectivity index (χ0) is 18.5. The summed E-state index contributed by atoms with van der Waals surface area (Å²) < 4.78 is 18.0. The number of para-hydroxylation sites is 2. The summed E-state index contributed by atoms with van der Waals surface area (Å²) in [4.78, 5) is 9.89. The molecule has 7 heteroatoms. The van der Waals surface area contributed by atoms with E-state index in [0.29, 0.717) is 18.3 Å². The van der Waals surface area contributed by atoms with Crippen molar-refractivity contribution in [3.05, 3.63) is 60.5 Å². The summed E-state index contributed by atoms with van der Waals surface area (Å²) in [5.41, 5.74) is 2.74. The summed E-state index contributed by atoms with van der Waals surface area (Å²) in [6, 6.07) is 9.54. The van der Waals surface area contributed by atoms with Crippen molar-refractivity contribution in [1.82, 2.24) is 9.97 Å². The lowest BCUT2D eigenvalue weighted by Crippen LogP contribution is -2.40. The molecular formula is C19H20N4O2S. The first kappa shape index (κ1) is 18.0. The number of benzene rings is 1. The highest BCUT2D eigenvalue weighted by Gasteiger charge is 2.28. The maximum absolute atomic E-state index is 12.3. The lowest BCUT2D eigenvalue weighted by molar-refractivity contribution is 0.254. The Morgan fingerprint density at radius 2 is 2.31 bits per heavy atom. The molecule has 0 amide bonds. The SMILES string of the molecule is C=CCOC1=C(C)C(CS(=O)CC#N)N(c2nc3ccccc3[nH]2)C=C1. The van der Waals surface area contributed by atoms with Crippen LogP contribution in [0.25, 0.3) is 11.0 Å². The summed E-state index contributed by atoms with van der Waals surface area (Å²) in [5, 5.41) is 8.84. The van der Waals surface area contributed by atoms with Gasteiger partial charge in [-0.3, -0.25) is 4.21 Å². The molecule has 1 aromatic carbocycles. The number of allylic oxidation sites excluding steroid dienone is 1. The van der Waals surface area contributed by atoms with Gasteiger partial charge in [0.25, 0.3) is 0 Å². The number of hydrogen-bond donors (Lipinski definition) is 1. The minimum atomic E-state index is -1.26. The van der Waals surface area contributed by atoms with E-state index in [-0.39, 0.29) is 11.8 Å². The second-order valence-electron chi connectivity index (χ2n) is 5.87. The molecule has 0 fully saturated rings. The highest BCUT2D eigenvalue weighted by atomic mass is 32.2. The minimum absolute atomic E-state index is 0.00428. The number of rotatable bonds is 7. The van der Waals surface area contributed by atoms with E-state index in [1.165, 1.54) is 0 Å². The van der Waals surface area contributed by atoms with Crippen molar-refractivity contribution < 1.29 is 8.95 Å². The fourth-order valence-corrected chi connectivity index (χ4v) is 3.88. The lowest BCUT2D eigenvalue weighted by atomic mass is 10.1. The van der Waals surface area contributed by atoms with Crippen LogP contribution >= 0.6 is 0 Å². The van der Waals surface area contributed by atoms with Gasteiger partial charge in [0.2, 0.25) is 5.95 Å². The van der Waals surface area contributed by atoms with E-state index in [1.54, 1.807) is 6.08 Å². The van der Waals surface area contributed by atoms with Crippen LogP contribution in [-0.4, -0.2) is 38.3 Å². The molecule has 0 spiro atoms. The van der Waals surface area contributed by atoms with Crippen LogP contribution in [0.2, 0.25) is 0 Å². The lowest BCUT2D eigenvalue weighted by Gasteiger charge is -2.33. The maximum Gasteiger partial charge on any atom is 0.208 e. The number of nitrogens with one attached hydrogen (secondary N) is 1. The largest absolute Gasteiger partial charge is 0.489 e. The predicted molar refractivity (Wildman–Crippen MR) is 104 cm³/mol. The molecule has 1 aliphatic heterocycles. The smallest absolute Gasteiger partial charge is 0.208 e. The van der Waals surface area contributed by atoms with Gasteiger partial charge in [0, 0.05) is 22.8 Å². The van der Waals surface area contributed by atoms with Crippen LogP contribution in [0.1, 0.15) is 6.92 Å². The van der Waals surface area contributed by atoms with Crippen LogP contribution in [-0.2, 0) is 15.5 Å². The average Bonchev–Trinajstić information content (AvgIpc) is 3.06. The highest BCUT2D eigenvalue weighted by molar-refractivity contribution is 7.85. The Bertz CT molecular complexity index is 905. The molecule has 0 aliphatic carbocycles.